The molecule has 0 amide bonds. The zero-order chi connectivity index (χ0) is 24.8. The van der Waals surface area contributed by atoms with Crippen molar-refractivity contribution in [1.82, 2.24) is 0 Å². The van der Waals surface area contributed by atoms with E-state index in [0.29, 0.717) is 50.3 Å². The van der Waals surface area contributed by atoms with Gasteiger partial charge in [-0.05, 0) is 24.2 Å². The van der Waals surface area contributed by atoms with Crippen LogP contribution in [0.2, 0.25) is 0 Å². The van der Waals surface area contributed by atoms with Crippen LogP contribution in [0.3, 0.4) is 0 Å². The molecule has 0 atom stereocenters. The molecule has 0 radical (unpaired) electrons. The number of anilines is 1. The second-order valence-electron chi connectivity index (χ2n) is 7.11. The number of aryl methyl sites for hydroxylation is 1. The van der Waals surface area contributed by atoms with Crippen molar-refractivity contribution >= 4 is 32.8 Å². The summed E-state index contributed by atoms with van der Waals surface area (Å²) in [6.45, 7) is 5.33. The Kier molecular flexibility index (Phi) is 12.5. The van der Waals surface area contributed by atoms with Crippen molar-refractivity contribution in [3.63, 3.8) is 0 Å². The standard InChI is InChI=1S/C21H32N5O7S/c1-17-18(22-23-21-24(2)16-20(34-21)26(29)30)4-3-5-19(17)25(6-10-31-12-8-27)7-11-32-14-15-33-13-9-28/h3-5,16,27-28H,6-15H2,1-2H3/q+1. The molecule has 0 aliphatic rings. The van der Waals surface area contributed by atoms with E-state index >= 15 is 0 Å². The molecule has 2 aromatic rings. The van der Waals surface area contributed by atoms with Gasteiger partial charge in [0.1, 0.15) is 5.69 Å². The number of aromatic nitrogens is 1. The van der Waals surface area contributed by atoms with Crippen molar-refractivity contribution in [3.8, 4) is 0 Å². The molecule has 0 spiro atoms. The predicted molar refractivity (Wildman–Crippen MR) is 126 cm³/mol. The Morgan fingerprint density at radius 3 is 2.24 bits per heavy atom. The van der Waals surface area contributed by atoms with Gasteiger partial charge in [0, 0.05) is 35.7 Å². The van der Waals surface area contributed by atoms with Crippen molar-refractivity contribution in [2.45, 2.75) is 6.92 Å². The summed E-state index contributed by atoms with van der Waals surface area (Å²) in [7, 11) is 1.68. The van der Waals surface area contributed by atoms with Crippen molar-refractivity contribution < 1.29 is 33.9 Å². The third kappa shape index (κ3) is 9.00. The largest absolute Gasteiger partial charge is 0.414 e. The molecule has 13 heteroatoms. The van der Waals surface area contributed by atoms with Crippen molar-refractivity contribution in [3.05, 3.63) is 40.1 Å². The highest BCUT2D eigenvalue weighted by Gasteiger charge is 2.21. The molecule has 0 saturated carbocycles. The van der Waals surface area contributed by atoms with E-state index in [4.69, 9.17) is 24.4 Å². The fourth-order valence-electron chi connectivity index (χ4n) is 3.00. The van der Waals surface area contributed by atoms with Crippen LogP contribution in [-0.2, 0) is 21.3 Å². The predicted octanol–water partition coefficient (Wildman–Crippen LogP) is 2.05. The number of benzene rings is 1. The first-order chi connectivity index (χ1) is 16.5. The lowest BCUT2D eigenvalue weighted by molar-refractivity contribution is -0.656. The highest BCUT2D eigenvalue weighted by Crippen LogP contribution is 2.31. The molecule has 34 heavy (non-hydrogen) atoms. The molecule has 0 bridgehead atoms. The Bertz CT molecular complexity index is 925. The topological polar surface area (TPSA) is 143 Å². The number of hydrogen-bond donors (Lipinski definition) is 2. The zero-order valence-corrected chi connectivity index (χ0v) is 20.3. The fourth-order valence-corrected chi connectivity index (χ4v) is 3.75. The molecule has 0 fully saturated rings. The second-order valence-corrected chi connectivity index (χ2v) is 8.10. The summed E-state index contributed by atoms with van der Waals surface area (Å²) in [5.41, 5.74) is 2.48. The number of ether oxygens (including phenoxy) is 3. The van der Waals surface area contributed by atoms with Gasteiger partial charge in [-0.15, -0.1) is 0 Å². The quantitative estimate of drug-likeness (QED) is 0.111. The average Bonchev–Trinajstić information content (AvgIpc) is 3.20. The highest BCUT2D eigenvalue weighted by atomic mass is 32.1. The van der Waals surface area contributed by atoms with Crippen LogP contribution in [0.1, 0.15) is 5.56 Å². The van der Waals surface area contributed by atoms with Crippen molar-refractivity contribution in [1.29, 1.82) is 0 Å². The van der Waals surface area contributed by atoms with Gasteiger partial charge in [-0.2, -0.15) is 0 Å². The van der Waals surface area contributed by atoms with Crippen molar-refractivity contribution in [2.75, 3.05) is 70.8 Å². The van der Waals surface area contributed by atoms with Gasteiger partial charge in [-0.25, -0.2) is 4.57 Å². The van der Waals surface area contributed by atoms with Crippen LogP contribution in [0, 0.1) is 17.0 Å². The van der Waals surface area contributed by atoms with Crippen LogP contribution in [0.25, 0.3) is 0 Å². The first-order valence-corrected chi connectivity index (χ1v) is 11.6. The van der Waals surface area contributed by atoms with E-state index < -0.39 is 4.92 Å². The maximum Gasteiger partial charge on any atom is 0.414 e. The van der Waals surface area contributed by atoms with Gasteiger partial charge < -0.3 is 29.3 Å². The van der Waals surface area contributed by atoms with E-state index in [1.165, 1.54) is 6.20 Å². The summed E-state index contributed by atoms with van der Waals surface area (Å²) in [6, 6.07) is 5.68. The van der Waals surface area contributed by atoms with Crippen LogP contribution in [0.5, 0.6) is 0 Å². The SMILES string of the molecule is Cc1c(/N=N/c2sc([N+](=O)[O-])c[n+]2C)cccc1N(CCOCCO)CCOCCOCCO. The summed E-state index contributed by atoms with van der Waals surface area (Å²) in [5.74, 6) is 0. The first-order valence-electron chi connectivity index (χ1n) is 10.8. The molecule has 0 aliphatic carbocycles. The third-order valence-electron chi connectivity index (χ3n) is 4.70. The van der Waals surface area contributed by atoms with Crippen LogP contribution in [-0.4, -0.2) is 81.1 Å². The Morgan fingerprint density at radius 2 is 1.65 bits per heavy atom. The molecule has 2 rings (SSSR count). The minimum absolute atomic E-state index is 0.00209. The maximum atomic E-state index is 11.0. The van der Waals surface area contributed by atoms with Gasteiger partial charge in [0.25, 0.3) is 0 Å². The Hall–Kier alpha value is -2.55. The number of nitrogens with zero attached hydrogens (tertiary/aromatic N) is 5. The Morgan fingerprint density at radius 1 is 1.03 bits per heavy atom. The molecule has 1 aromatic heterocycles. The Labute approximate surface area is 202 Å². The van der Waals surface area contributed by atoms with Gasteiger partial charge in [-0.3, -0.25) is 10.1 Å². The van der Waals surface area contributed by atoms with Gasteiger partial charge >= 0.3 is 10.1 Å². The number of nitro groups is 1. The van der Waals surface area contributed by atoms with E-state index in [2.05, 4.69) is 15.1 Å². The van der Waals surface area contributed by atoms with E-state index in [9.17, 15) is 10.1 Å². The fraction of sp³-hybridized carbons (Fsp3) is 0.571. The molecule has 0 saturated heterocycles. The highest BCUT2D eigenvalue weighted by molar-refractivity contribution is 7.17. The maximum absolute atomic E-state index is 11.0. The van der Waals surface area contributed by atoms with E-state index in [1.807, 2.05) is 25.1 Å². The van der Waals surface area contributed by atoms with E-state index in [0.717, 1.165) is 22.6 Å². The number of hydrogen-bond acceptors (Lipinski definition) is 11. The molecule has 0 aliphatic heterocycles. The molecule has 1 heterocycles. The smallest absolute Gasteiger partial charge is 0.394 e. The number of thiazole rings is 1. The number of aliphatic hydroxyl groups is 2. The van der Waals surface area contributed by atoms with Crippen LogP contribution in [0.4, 0.5) is 21.5 Å². The summed E-state index contributed by atoms with van der Waals surface area (Å²) in [5, 5.41) is 37.6. The zero-order valence-electron chi connectivity index (χ0n) is 19.5. The molecule has 0 unspecified atom stereocenters. The monoisotopic (exact) mass is 498 g/mol. The summed E-state index contributed by atoms with van der Waals surface area (Å²) in [4.78, 5) is 12.6. The second kappa shape index (κ2) is 15.4. The normalized spacial score (nSPS) is 11.4. The summed E-state index contributed by atoms with van der Waals surface area (Å²) in [6.07, 6.45) is 1.41. The lowest BCUT2D eigenvalue weighted by atomic mass is 10.1. The van der Waals surface area contributed by atoms with E-state index in [-0.39, 0.29) is 31.4 Å². The number of aliphatic hydroxyl groups excluding tert-OH is 2. The summed E-state index contributed by atoms with van der Waals surface area (Å²) < 4.78 is 17.8. The summed E-state index contributed by atoms with van der Waals surface area (Å²) >= 11 is 0.955. The van der Waals surface area contributed by atoms with E-state index in [1.54, 1.807) is 11.6 Å². The molecule has 12 nitrogen and oxygen atoms in total. The minimum atomic E-state index is -0.451. The molecular formula is C21H32N5O7S+. The average molecular weight is 499 g/mol. The van der Waals surface area contributed by atoms with Crippen LogP contribution < -0.4 is 9.47 Å². The number of rotatable bonds is 17. The molecule has 188 valence electrons. The van der Waals surface area contributed by atoms with Gasteiger partial charge in [0.15, 0.2) is 6.20 Å². The van der Waals surface area contributed by atoms with Crippen LogP contribution >= 0.6 is 11.3 Å². The number of azo groups is 1. The molecular weight excluding hydrogens is 466 g/mol. The van der Waals surface area contributed by atoms with Crippen LogP contribution in [0.15, 0.2) is 34.6 Å². The third-order valence-corrected chi connectivity index (χ3v) is 5.71. The van der Waals surface area contributed by atoms with Gasteiger partial charge in [-0.1, -0.05) is 6.07 Å². The van der Waals surface area contributed by atoms with Gasteiger partial charge in [0.05, 0.1) is 69.9 Å². The lowest BCUT2D eigenvalue weighted by Crippen LogP contribution is -2.32. The molecule has 1 aromatic carbocycles. The minimum Gasteiger partial charge on any atom is -0.394 e. The molecule has 2 N–H and O–H groups in total. The Balaban J connectivity index is 2.10. The first kappa shape index (κ1) is 27.7. The van der Waals surface area contributed by atoms with Gasteiger partial charge in [0.2, 0.25) is 0 Å². The lowest BCUT2D eigenvalue weighted by Gasteiger charge is -2.26. The van der Waals surface area contributed by atoms with Crippen molar-refractivity contribution in [2.24, 2.45) is 17.3 Å².